The lowest BCUT2D eigenvalue weighted by molar-refractivity contribution is -0.129. The van der Waals surface area contributed by atoms with E-state index in [0.717, 1.165) is 0 Å². The van der Waals surface area contributed by atoms with Gasteiger partial charge in [0, 0.05) is 30.3 Å². The first-order valence-electron chi connectivity index (χ1n) is 10.5. The Morgan fingerprint density at radius 2 is 1.59 bits per heavy atom. The zero-order chi connectivity index (χ0) is 23.7. The van der Waals surface area contributed by atoms with Crippen molar-refractivity contribution in [2.45, 2.75) is 4.90 Å². The number of nitrogens with zero attached hydrogens (tertiary/aromatic N) is 2. The molecule has 34 heavy (non-hydrogen) atoms. The summed E-state index contributed by atoms with van der Waals surface area (Å²) in [5.74, 6) is -0.0957. The van der Waals surface area contributed by atoms with Gasteiger partial charge in [-0.3, -0.25) is 0 Å². The molecule has 2 aliphatic heterocycles. The number of hydrogen-bond donors (Lipinski definition) is 0. The van der Waals surface area contributed by atoms with E-state index in [1.165, 1.54) is 46.8 Å². The van der Waals surface area contributed by atoms with Gasteiger partial charge < -0.3 is 13.9 Å². The fourth-order valence-corrected chi connectivity index (χ4v) is 4.98. The molecule has 3 heterocycles. The van der Waals surface area contributed by atoms with E-state index in [9.17, 15) is 17.6 Å². The molecule has 2 aliphatic rings. The van der Waals surface area contributed by atoms with E-state index >= 15 is 0 Å². The molecule has 3 aromatic rings. The molecule has 0 aliphatic carbocycles. The van der Waals surface area contributed by atoms with E-state index in [-0.39, 0.29) is 16.5 Å². The molecule has 8 nitrogen and oxygen atoms in total. The number of esters is 1. The van der Waals surface area contributed by atoms with Crippen LogP contribution in [0.5, 0.6) is 0 Å². The van der Waals surface area contributed by atoms with Crippen molar-refractivity contribution in [3.8, 4) is 11.3 Å². The number of cyclic esters (lactones) is 1. The van der Waals surface area contributed by atoms with Gasteiger partial charge in [-0.05, 0) is 60.7 Å². The van der Waals surface area contributed by atoms with Crippen LogP contribution in [0.4, 0.5) is 4.39 Å². The number of carbonyl (C=O) groups is 1. The van der Waals surface area contributed by atoms with Gasteiger partial charge >= 0.3 is 5.97 Å². The number of ether oxygens (including phenoxy) is 2. The number of carbonyl (C=O) groups excluding carboxylic acids is 1. The van der Waals surface area contributed by atoms with Crippen LogP contribution in [0.2, 0.25) is 0 Å². The molecule has 1 fully saturated rings. The Kier molecular flexibility index (Phi) is 5.86. The summed E-state index contributed by atoms with van der Waals surface area (Å²) >= 11 is 0. The Balaban J connectivity index is 1.34. The van der Waals surface area contributed by atoms with Gasteiger partial charge in [-0.25, -0.2) is 22.6 Å². The van der Waals surface area contributed by atoms with Crippen molar-refractivity contribution in [1.29, 1.82) is 0 Å². The number of sulfonamides is 1. The van der Waals surface area contributed by atoms with Crippen LogP contribution < -0.4 is 0 Å². The van der Waals surface area contributed by atoms with Crippen molar-refractivity contribution in [2.75, 3.05) is 26.3 Å². The van der Waals surface area contributed by atoms with Gasteiger partial charge in [0.15, 0.2) is 5.70 Å². The Labute approximate surface area is 195 Å². The van der Waals surface area contributed by atoms with E-state index in [4.69, 9.17) is 13.9 Å². The number of furan rings is 1. The lowest BCUT2D eigenvalue weighted by Crippen LogP contribution is -2.40. The first kappa shape index (κ1) is 22.2. The second kappa shape index (κ2) is 8.98. The van der Waals surface area contributed by atoms with Gasteiger partial charge in [-0.2, -0.15) is 4.31 Å². The monoisotopic (exact) mass is 482 g/mol. The molecule has 174 valence electrons. The third kappa shape index (κ3) is 4.43. The first-order valence-corrected chi connectivity index (χ1v) is 11.9. The molecule has 0 atom stereocenters. The van der Waals surface area contributed by atoms with E-state index in [1.54, 1.807) is 24.3 Å². The third-order valence-electron chi connectivity index (χ3n) is 5.36. The maximum Gasteiger partial charge on any atom is 0.363 e. The summed E-state index contributed by atoms with van der Waals surface area (Å²) in [6.45, 7) is 1.41. The highest BCUT2D eigenvalue weighted by Gasteiger charge is 2.27. The number of hydrogen-bond acceptors (Lipinski definition) is 7. The topological polar surface area (TPSA) is 98.4 Å². The molecule has 0 bridgehead atoms. The van der Waals surface area contributed by atoms with E-state index in [2.05, 4.69) is 4.99 Å². The largest absolute Gasteiger partial charge is 0.457 e. The minimum Gasteiger partial charge on any atom is -0.457 e. The molecule has 0 N–H and O–H groups in total. The minimum absolute atomic E-state index is 0.0483. The standard InChI is InChI=1S/C24H19FN2O6S/c25-18-5-1-17(2-6-18)23-26-21(24(28)33-23)15-19-7-10-22(32-19)16-3-8-20(9-4-16)34(29,30)27-11-13-31-14-12-27/h1-10,15H,11-14H2/b21-15-. The molecule has 0 saturated carbocycles. The van der Waals surface area contributed by atoms with Gasteiger partial charge in [0.1, 0.15) is 17.3 Å². The number of rotatable bonds is 5. The molecule has 0 spiro atoms. The van der Waals surface area contributed by atoms with E-state index in [1.807, 2.05) is 0 Å². The molecule has 1 saturated heterocycles. The normalized spacial score (nSPS) is 18.2. The molecule has 1 aromatic heterocycles. The third-order valence-corrected chi connectivity index (χ3v) is 7.28. The molecule has 2 aromatic carbocycles. The highest BCUT2D eigenvalue weighted by Crippen LogP contribution is 2.27. The summed E-state index contributed by atoms with van der Waals surface area (Å²) < 4.78 is 56.3. The Morgan fingerprint density at radius 1 is 0.912 bits per heavy atom. The predicted molar refractivity (Wildman–Crippen MR) is 121 cm³/mol. The van der Waals surface area contributed by atoms with Crippen LogP contribution in [0.15, 0.2) is 80.7 Å². The number of morpholine rings is 1. The number of benzene rings is 2. The molecule has 0 unspecified atom stereocenters. The average molecular weight is 482 g/mol. The van der Waals surface area contributed by atoms with Gasteiger partial charge in [-0.15, -0.1) is 0 Å². The van der Waals surface area contributed by atoms with Gasteiger partial charge in [0.2, 0.25) is 15.9 Å². The zero-order valence-corrected chi connectivity index (χ0v) is 18.6. The Hall–Kier alpha value is -3.60. The van der Waals surface area contributed by atoms with Crippen molar-refractivity contribution in [2.24, 2.45) is 4.99 Å². The van der Waals surface area contributed by atoms with Crippen molar-refractivity contribution >= 4 is 28.0 Å². The maximum atomic E-state index is 13.1. The van der Waals surface area contributed by atoms with Crippen LogP contribution in [0.25, 0.3) is 17.4 Å². The minimum atomic E-state index is -3.58. The maximum absolute atomic E-state index is 13.1. The Morgan fingerprint density at radius 3 is 2.29 bits per heavy atom. The average Bonchev–Trinajstić information content (AvgIpc) is 3.47. The van der Waals surface area contributed by atoms with Gasteiger partial charge in [0.05, 0.1) is 18.1 Å². The zero-order valence-electron chi connectivity index (χ0n) is 17.8. The highest BCUT2D eigenvalue weighted by molar-refractivity contribution is 7.89. The van der Waals surface area contributed by atoms with Crippen LogP contribution >= 0.6 is 0 Å². The molecule has 5 rings (SSSR count). The van der Waals surface area contributed by atoms with Crippen LogP contribution in [-0.4, -0.2) is 50.9 Å². The Bertz CT molecular complexity index is 1390. The molecular formula is C24H19FN2O6S. The first-order chi connectivity index (χ1) is 16.4. The second-order valence-electron chi connectivity index (χ2n) is 7.59. The summed E-state index contributed by atoms with van der Waals surface area (Å²) in [6, 6.07) is 15.2. The number of aliphatic imine (C=N–C) groups is 1. The number of halogens is 1. The summed E-state index contributed by atoms with van der Waals surface area (Å²) in [5, 5.41) is 0. The fourth-order valence-electron chi connectivity index (χ4n) is 3.57. The highest BCUT2D eigenvalue weighted by atomic mass is 32.2. The summed E-state index contributed by atoms with van der Waals surface area (Å²) in [7, 11) is -3.58. The van der Waals surface area contributed by atoms with Crippen LogP contribution in [0.3, 0.4) is 0 Å². The molecule has 10 heteroatoms. The van der Waals surface area contributed by atoms with Crippen molar-refractivity contribution in [3.05, 3.63) is 83.5 Å². The smallest absolute Gasteiger partial charge is 0.363 e. The second-order valence-corrected chi connectivity index (χ2v) is 9.52. The fraction of sp³-hybridized carbons (Fsp3) is 0.167. The SMILES string of the molecule is O=C1OC(c2ccc(F)cc2)=N/C1=C\c1ccc(-c2ccc(S(=O)(=O)N3CCOCC3)cc2)o1. The van der Waals surface area contributed by atoms with Crippen LogP contribution in [0.1, 0.15) is 11.3 Å². The molecular weight excluding hydrogens is 463 g/mol. The molecule has 0 radical (unpaired) electrons. The summed E-state index contributed by atoms with van der Waals surface area (Å²) in [4.78, 5) is 16.5. The predicted octanol–water partition coefficient (Wildman–Crippen LogP) is 3.45. The van der Waals surface area contributed by atoms with Gasteiger partial charge in [0.25, 0.3) is 0 Å². The molecule has 0 amide bonds. The van der Waals surface area contributed by atoms with Crippen LogP contribution in [0, 0.1) is 5.82 Å². The van der Waals surface area contributed by atoms with Crippen molar-refractivity contribution < 1.29 is 31.5 Å². The van der Waals surface area contributed by atoms with E-state index < -0.39 is 21.8 Å². The summed E-state index contributed by atoms with van der Waals surface area (Å²) in [6.07, 6.45) is 1.44. The van der Waals surface area contributed by atoms with Crippen LogP contribution in [-0.2, 0) is 24.3 Å². The lowest BCUT2D eigenvalue weighted by Gasteiger charge is -2.26. The van der Waals surface area contributed by atoms with Crippen molar-refractivity contribution in [1.82, 2.24) is 4.31 Å². The van der Waals surface area contributed by atoms with Crippen molar-refractivity contribution in [3.63, 3.8) is 0 Å². The van der Waals surface area contributed by atoms with Gasteiger partial charge in [-0.1, -0.05) is 0 Å². The lowest BCUT2D eigenvalue weighted by atomic mass is 10.2. The summed E-state index contributed by atoms with van der Waals surface area (Å²) in [5.41, 5.74) is 1.20. The quantitative estimate of drug-likeness (QED) is 0.408. The van der Waals surface area contributed by atoms with E-state index in [0.29, 0.717) is 49.0 Å².